The number of nitrogens with one attached hydrogen (secondary N) is 1. The summed E-state index contributed by atoms with van der Waals surface area (Å²) in [5, 5.41) is 5.09. The lowest BCUT2D eigenvalue weighted by Crippen LogP contribution is -2.53. The van der Waals surface area contributed by atoms with Crippen molar-refractivity contribution < 1.29 is 0 Å². The minimum absolute atomic E-state index is 0.187. The Hall–Kier alpha value is -2.19. The lowest BCUT2D eigenvalue weighted by Gasteiger charge is -2.40. The average molecular weight is 473 g/mol. The number of piperidine rings is 1. The number of benzene rings is 1. The second kappa shape index (κ2) is 8.98. The molecule has 0 bridgehead atoms. The Morgan fingerprint density at radius 2 is 1.75 bits per heavy atom. The summed E-state index contributed by atoms with van der Waals surface area (Å²) in [6.45, 7) is 6.00. The molecule has 0 amide bonds. The molecule has 1 N–H and O–H groups in total. The standard InChI is InChI=1S/C23H26Cl2N6O/c1-29-21-15(13-17(22(29)32)20-18(24)3-2-4-19(20)25)14-27-23(28-21)31-11-9-30(10-12-31)16-5-7-26-8-6-16/h2-4,13-14,16,26H,5-12H2,1H3. The minimum atomic E-state index is -0.187. The predicted molar refractivity (Wildman–Crippen MR) is 130 cm³/mol. The van der Waals surface area contributed by atoms with Crippen molar-refractivity contribution in [3.05, 3.63) is 50.9 Å². The SMILES string of the molecule is Cn1c(=O)c(-c2c(Cl)cccc2Cl)cc2cnc(N3CCN(C4CCNCC4)CC3)nc21. The number of anilines is 1. The third kappa shape index (κ3) is 3.99. The molecule has 0 saturated carbocycles. The highest BCUT2D eigenvalue weighted by Gasteiger charge is 2.26. The Bertz CT molecular complexity index is 1180. The zero-order chi connectivity index (χ0) is 22.2. The molecule has 1 aromatic carbocycles. The highest BCUT2D eigenvalue weighted by molar-refractivity contribution is 6.39. The Kier molecular flexibility index (Phi) is 6.07. The summed E-state index contributed by atoms with van der Waals surface area (Å²) in [6.07, 6.45) is 4.21. The van der Waals surface area contributed by atoms with E-state index in [9.17, 15) is 4.79 Å². The Morgan fingerprint density at radius 1 is 1.06 bits per heavy atom. The fourth-order valence-corrected chi connectivity index (χ4v) is 5.38. The van der Waals surface area contributed by atoms with Crippen molar-refractivity contribution in [2.75, 3.05) is 44.2 Å². The van der Waals surface area contributed by atoms with Crippen LogP contribution >= 0.6 is 23.2 Å². The Labute approximate surface area is 197 Å². The van der Waals surface area contributed by atoms with Crippen molar-refractivity contribution in [3.63, 3.8) is 0 Å². The van der Waals surface area contributed by atoms with Crippen molar-refractivity contribution in [2.45, 2.75) is 18.9 Å². The Morgan fingerprint density at radius 3 is 2.44 bits per heavy atom. The van der Waals surface area contributed by atoms with Gasteiger partial charge < -0.3 is 10.2 Å². The average Bonchev–Trinajstić information content (AvgIpc) is 2.82. The molecule has 4 heterocycles. The van der Waals surface area contributed by atoms with Crippen LogP contribution in [0.4, 0.5) is 5.95 Å². The van der Waals surface area contributed by atoms with E-state index in [2.05, 4.69) is 20.1 Å². The van der Waals surface area contributed by atoms with Crippen LogP contribution in [0.25, 0.3) is 22.2 Å². The second-order valence-electron chi connectivity index (χ2n) is 8.47. The van der Waals surface area contributed by atoms with Crippen LogP contribution in [0.3, 0.4) is 0 Å². The van der Waals surface area contributed by atoms with Gasteiger partial charge in [-0.15, -0.1) is 0 Å². The highest BCUT2D eigenvalue weighted by Crippen LogP contribution is 2.33. The maximum Gasteiger partial charge on any atom is 0.259 e. The van der Waals surface area contributed by atoms with Gasteiger partial charge in [0.2, 0.25) is 5.95 Å². The number of hydrogen-bond donors (Lipinski definition) is 1. The van der Waals surface area contributed by atoms with Crippen LogP contribution in [-0.4, -0.2) is 64.7 Å². The second-order valence-corrected chi connectivity index (χ2v) is 9.29. The first-order valence-corrected chi connectivity index (χ1v) is 11.8. The first kappa shape index (κ1) is 21.6. The molecule has 9 heteroatoms. The zero-order valence-electron chi connectivity index (χ0n) is 18.0. The van der Waals surface area contributed by atoms with E-state index >= 15 is 0 Å². The van der Waals surface area contributed by atoms with Gasteiger partial charge in [-0.25, -0.2) is 4.98 Å². The van der Waals surface area contributed by atoms with Crippen LogP contribution in [0.5, 0.6) is 0 Å². The maximum atomic E-state index is 13.2. The van der Waals surface area contributed by atoms with Crippen molar-refractivity contribution in [2.24, 2.45) is 7.05 Å². The van der Waals surface area contributed by atoms with Gasteiger partial charge in [-0.2, -0.15) is 4.98 Å². The van der Waals surface area contributed by atoms with Crippen LogP contribution in [0.1, 0.15) is 12.8 Å². The van der Waals surface area contributed by atoms with E-state index in [1.807, 2.05) is 0 Å². The molecule has 2 fully saturated rings. The van der Waals surface area contributed by atoms with E-state index in [0.717, 1.165) is 44.7 Å². The molecule has 0 radical (unpaired) electrons. The topological polar surface area (TPSA) is 66.3 Å². The van der Waals surface area contributed by atoms with E-state index in [0.29, 0.717) is 38.8 Å². The molecule has 0 aliphatic carbocycles. The van der Waals surface area contributed by atoms with Crippen molar-refractivity contribution in [1.29, 1.82) is 0 Å². The molecule has 2 aromatic heterocycles. The monoisotopic (exact) mass is 472 g/mol. The number of aryl methyl sites for hydroxylation is 1. The highest BCUT2D eigenvalue weighted by atomic mass is 35.5. The number of rotatable bonds is 3. The van der Waals surface area contributed by atoms with Gasteiger partial charge in [0.1, 0.15) is 5.65 Å². The molecule has 168 valence electrons. The fraction of sp³-hybridized carbons (Fsp3) is 0.435. The molecule has 2 aliphatic heterocycles. The molecular weight excluding hydrogens is 447 g/mol. The number of fused-ring (bicyclic) bond motifs is 1. The van der Waals surface area contributed by atoms with Crippen LogP contribution < -0.4 is 15.8 Å². The molecule has 0 atom stereocenters. The quantitative estimate of drug-likeness (QED) is 0.631. The van der Waals surface area contributed by atoms with E-state index in [1.54, 1.807) is 42.1 Å². The summed E-state index contributed by atoms with van der Waals surface area (Å²) in [5.41, 5.74) is 1.40. The summed E-state index contributed by atoms with van der Waals surface area (Å²) in [6, 6.07) is 7.68. The maximum absolute atomic E-state index is 13.2. The summed E-state index contributed by atoms with van der Waals surface area (Å²) >= 11 is 12.7. The number of aromatic nitrogens is 3. The predicted octanol–water partition coefficient (Wildman–Crippen LogP) is 3.18. The zero-order valence-corrected chi connectivity index (χ0v) is 19.5. The van der Waals surface area contributed by atoms with Crippen LogP contribution in [-0.2, 0) is 7.05 Å². The Balaban J connectivity index is 1.43. The number of hydrogen-bond acceptors (Lipinski definition) is 6. The van der Waals surface area contributed by atoms with E-state index in [1.165, 1.54) is 12.8 Å². The normalized spacial score (nSPS) is 18.4. The molecule has 7 nitrogen and oxygen atoms in total. The van der Waals surface area contributed by atoms with Crippen LogP contribution in [0.15, 0.2) is 35.3 Å². The molecule has 2 saturated heterocycles. The van der Waals surface area contributed by atoms with Crippen LogP contribution in [0.2, 0.25) is 10.0 Å². The van der Waals surface area contributed by atoms with Gasteiger partial charge in [0.05, 0.1) is 15.6 Å². The summed E-state index contributed by atoms with van der Waals surface area (Å²) in [4.78, 5) is 27.3. The minimum Gasteiger partial charge on any atom is -0.338 e. The van der Waals surface area contributed by atoms with Crippen molar-refractivity contribution >= 4 is 40.2 Å². The van der Waals surface area contributed by atoms with Gasteiger partial charge >= 0.3 is 0 Å². The van der Waals surface area contributed by atoms with Crippen LogP contribution in [0, 0.1) is 0 Å². The largest absolute Gasteiger partial charge is 0.338 e. The van der Waals surface area contributed by atoms with Gasteiger partial charge in [0.15, 0.2) is 0 Å². The van der Waals surface area contributed by atoms with Gasteiger partial charge in [-0.05, 0) is 44.1 Å². The van der Waals surface area contributed by atoms with Gasteiger partial charge in [0.25, 0.3) is 5.56 Å². The number of halogens is 2. The van der Waals surface area contributed by atoms with E-state index < -0.39 is 0 Å². The van der Waals surface area contributed by atoms with E-state index in [-0.39, 0.29) is 5.56 Å². The van der Waals surface area contributed by atoms with E-state index in [4.69, 9.17) is 28.2 Å². The first-order valence-electron chi connectivity index (χ1n) is 11.0. The summed E-state index contributed by atoms with van der Waals surface area (Å²) < 4.78 is 1.56. The molecule has 0 spiro atoms. The third-order valence-electron chi connectivity index (χ3n) is 6.59. The molecule has 2 aliphatic rings. The number of pyridine rings is 1. The van der Waals surface area contributed by atoms with Crippen molar-refractivity contribution in [3.8, 4) is 11.1 Å². The molecular formula is C23H26Cl2N6O. The number of piperazine rings is 1. The van der Waals surface area contributed by atoms with Gasteiger partial charge in [-0.3, -0.25) is 14.3 Å². The molecule has 5 rings (SSSR count). The van der Waals surface area contributed by atoms with Gasteiger partial charge in [0, 0.05) is 56.4 Å². The molecule has 32 heavy (non-hydrogen) atoms. The lowest BCUT2D eigenvalue weighted by atomic mass is 10.0. The smallest absolute Gasteiger partial charge is 0.259 e. The lowest BCUT2D eigenvalue weighted by molar-refractivity contribution is 0.153. The third-order valence-corrected chi connectivity index (χ3v) is 7.22. The molecule has 0 unspecified atom stereocenters. The summed E-state index contributed by atoms with van der Waals surface area (Å²) in [7, 11) is 1.73. The van der Waals surface area contributed by atoms with Crippen molar-refractivity contribution in [1.82, 2.24) is 24.8 Å². The fourth-order valence-electron chi connectivity index (χ4n) is 4.78. The first-order chi connectivity index (χ1) is 15.5. The van der Waals surface area contributed by atoms with Gasteiger partial charge in [-0.1, -0.05) is 29.3 Å². The number of nitrogens with zero attached hydrogens (tertiary/aromatic N) is 5. The summed E-state index contributed by atoms with van der Waals surface area (Å²) in [5.74, 6) is 0.668. The molecule has 3 aromatic rings.